The SMILES string of the molecule is COc1cccc(NC(=O)CN2CCCC(NC(=O)C3CCC3)C2)c1. The summed E-state index contributed by atoms with van der Waals surface area (Å²) in [5, 5.41) is 6.07. The Balaban J connectivity index is 1.46. The van der Waals surface area contributed by atoms with Crippen LogP contribution in [0.5, 0.6) is 5.75 Å². The van der Waals surface area contributed by atoms with Crippen LogP contribution < -0.4 is 15.4 Å². The number of benzene rings is 1. The van der Waals surface area contributed by atoms with E-state index < -0.39 is 0 Å². The molecule has 0 bridgehead atoms. The number of likely N-dealkylation sites (tertiary alicyclic amines) is 1. The highest BCUT2D eigenvalue weighted by Gasteiger charge is 2.29. The van der Waals surface area contributed by atoms with E-state index in [1.54, 1.807) is 13.2 Å². The smallest absolute Gasteiger partial charge is 0.238 e. The van der Waals surface area contributed by atoms with E-state index in [9.17, 15) is 9.59 Å². The van der Waals surface area contributed by atoms with Gasteiger partial charge < -0.3 is 15.4 Å². The molecule has 1 heterocycles. The maximum Gasteiger partial charge on any atom is 0.238 e. The van der Waals surface area contributed by atoms with E-state index in [1.165, 1.54) is 6.42 Å². The van der Waals surface area contributed by atoms with Crippen molar-refractivity contribution in [2.75, 3.05) is 32.1 Å². The van der Waals surface area contributed by atoms with Crippen molar-refractivity contribution in [1.82, 2.24) is 10.2 Å². The maximum absolute atomic E-state index is 12.3. The minimum absolute atomic E-state index is 0.0424. The fourth-order valence-electron chi connectivity index (χ4n) is 3.41. The van der Waals surface area contributed by atoms with Crippen molar-refractivity contribution in [3.05, 3.63) is 24.3 Å². The molecular weight excluding hydrogens is 318 g/mol. The lowest BCUT2D eigenvalue weighted by Gasteiger charge is -2.34. The molecule has 0 aromatic heterocycles. The Morgan fingerprint density at radius 2 is 2.08 bits per heavy atom. The van der Waals surface area contributed by atoms with Crippen molar-refractivity contribution in [3.63, 3.8) is 0 Å². The van der Waals surface area contributed by atoms with Gasteiger partial charge in [0, 0.05) is 30.3 Å². The number of piperidine rings is 1. The summed E-state index contributed by atoms with van der Waals surface area (Å²) in [6, 6.07) is 7.50. The fraction of sp³-hybridized carbons (Fsp3) is 0.579. The molecule has 3 rings (SSSR count). The molecule has 0 radical (unpaired) electrons. The van der Waals surface area contributed by atoms with Crippen LogP contribution in [0.25, 0.3) is 0 Å². The molecule has 1 aromatic rings. The number of amides is 2. The highest BCUT2D eigenvalue weighted by atomic mass is 16.5. The molecule has 2 aliphatic rings. The Hall–Kier alpha value is -2.08. The summed E-state index contributed by atoms with van der Waals surface area (Å²) in [5.74, 6) is 1.08. The summed E-state index contributed by atoms with van der Waals surface area (Å²) in [7, 11) is 1.60. The third-order valence-corrected chi connectivity index (χ3v) is 5.05. The zero-order chi connectivity index (χ0) is 17.6. The number of ether oxygens (including phenoxy) is 1. The Kier molecular flexibility index (Phi) is 5.91. The molecule has 1 atom stereocenters. The second-order valence-electron chi connectivity index (χ2n) is 6.99. The lowest BCUT2D eigenvalue weighted by atomic mass is 9.84. The zero-order valence-corrected chi connectivity index (χ0v) is 14.8. The molecular formula is C19H27N3O3. The summed E-state index contributed by atoms with van der Waals surface area (Å²) in [5.41, 5.74) is 0.733. The van der Waals surface area contributed by atoms with E-state index in [0.29, 0.717) is 6.54 Å². The number of hydrogen-bond donors (Lipinski definition) is 2. The van der Waals surface area contributed by atoms with Crippen LogP contribution in [0.15, 0.2) is 24.3 Å². The van der Waals surface area contributed by atoms with Crippen molar-refractivity contribution < 1.29 is 14.3 Å². The topological polar surface area (TPSA) is 70.7 Å². The molecule has 1 saturated heterocycles. The highest BCUT2D eigenvalue weighted by molar-refractivity contribution is 5.92. The summed E-state index contributed by atoms with van der Waals surface area (Å²) < 4.78 is 5.17. The Morgan fingerprint density at radius 1 is 1.24 bits per heavy atom. The van der Waals surface area contributed by atoms with Crippen LogP contribution in [-0.4, -0.2) is 49.5 Å². The van der Waals surface area contributed by atoms with E-state index in [-0.39, 0.29) is 23.8 Å². The predicted molar refractivity (Wildman–Crippen MR) is 96.6 cm³/mol. The van der Waals surface area contributed by atoms with Crippen LogP contribution in [0, 0.1) is 5.92 Å². The molecule has 1 aromatic carbocycles. The van der Waals surface area contributed by atoms with E-state index in [2.05, 4.69) is 15.5 Å². The van der Waals surface area contributed by atoms with Crippen molar-refractivity contribution in [2.45, 2.75) is 38.1 Å². The first kappa shape index (κ1) is 17.7. The number of carbonyl (C=O) groups is 2. The molecule has 6 heteroatoms. The molecule has 2 fully saturated rings. The number of carbonyl (C=O) groups excluding carboxylic acids is 2. The zero-order valence-electron chi connectivity index (χ0n) is 14.8. The quantitative estimate of drug-likeness (QED) is 0.827. The third-order valence-electron chi connectivity index (χ3n) is 5.05. The molecule has 1 saturated carbocycles. The van der Waals surface area contributed by atoms with E-state index in [1.807, 2.05) is 18.2 Å². The lowest BCUT2D eigenvalue weighted by molar-refractivity contribution is -0.128. The summed E-state index contributed by atoms with van der Waals surface area (Å²) >= 11 is 0. The predicted octanol–water partition coefficient (Wildman–Crippen LogP) is 2.01. The van der Waals surface area contributed by atoms with E-state index in [4.69, 9.17) is 4.74 Å². The number of nitrogens with one attached hydrogen (secondary N) is 2. The molecule has 2 amide bonds. The Bertz CT molecular complexity index is 616. The van der Waals surface area contributed by atoms with Gasteiger partial charge in [-0.25, -0.2) is 0 Å². The molecule has 0 spiro atoms. The molecule has 1 aliphatic carbocycles. The van der Waals surface area contributed by atoms with Gasteiger partial charge in [0.2, 0.25) is 11.8 Å². The molecule has 25 heavy (non-hydrogen) atoms. The van der Waals surface area contributed by atoms with Crippen LogP contribution in [0.2, 0.25) is 0 Å². The van der Waals surface area contributed by atoms with Gasteiger partial charge in [0.1, 0.15) is 5.75 Å². The van der Waals surface area contributed by atoms with Crippen LogP contribution in [-0.2, 0) is 9.59 Å². The van der Waals surface area contributed by atoms with Crippen molar-refractivity contribution in [3.8, 4) is 5.75 Å². The molecule has 136 valence electrons. The Morgan fingerprint density at radius 3 is 2.80 bits per heavy atom. The van der Waals surface area contributed by atoms with Gasteiger partial charge in [0.15, 0.2) is 0 Å². The van der Waals surface area contributed by atoms with Gasteiger partial charge in [-0.05, 0) is 44.4 Å². The van der Waals surface area contributed by atoms with Crippen molar-refractivity contribution >= 4 is 17.5 Å². The van der Waals surface area contributed by atoms with Gasteiger partial charge in [-0.15, -0.1) is 0 Å². The second kappa shape index (κ2) is 8.34. The third kappa shape index (κ3) is 4.95. The van der Waals surface area contributed by atoms with Crippen LogP contribution >= 0.6 is 0 Å². The standard InChI is InChI=1S/C19H27N3O3/c1-25-17-9-3-7-15(11-17)20-18(23)13-22-10-4-8-16(12-22)21-19(24)14-5-2-6-14/h3,7,9,11,14,16H,2,4-6,8,10,12-13H2,1H3,(H,20,23)(H,21,24). The lowest BCUT2D eigenvalue weighted by Crippen LogP contribution is -2.51. The van der Waals surface area contributed by atoms with Gasteiger partial charge in [0.05, 0.1) is 13.7 Å². The number of methoxy groups -OCH3 is 1. The number of hydrogen-bond acceptors (Lipinski definition) is 4. The number of anilines is 1. The van der Waals surface area contributed by atoms with Crippen LogP contribution in [0.1, 0.15) is 32.1 Å². The van der Waals surface area contributed by atoms with Crippen molar-refractivity contribution in [2.24, 2.45) is 5.92 Å². The van der Waals surface area contributed by atoms with Gasteiger partial charge in [-0.2, -0.15) is 0 Å². The maximum atomic E-state index is 12.3. The normalized spacial score (nSPS) is 21.2. The van der Waals surface area contributed by atoms with E-state index >= 15 is 0 Å². The average Bonchev–Trinajstić information content (AvgIpc) is 2.53. The highest BCUT2D eigenvalue weighted by Crippen LogP contribution is 2.26. The fourth-order valence-corrected chi connectivity index (χ4v) is 3.41. The number of nitrogens with zero attached hydrogens (tertiary/aromatic N) is 1. The minimum atomic E-state index is -0.0424. The average molecular weight is 345 g/mol. The Labute approximate surface area is 148 Å². The summed E-state index contributed by atoms with van der Waals surface area (Å²) in [6.07, 6.45) is 5.20. The van der Waals surface area contributed by atoms with Crippen molar-refractivity contribution in [1.29, 1.82) is 0 Å². The summed E-state index contributed by atoms with van der Waals surface area (Å²) in [6.45, 7) is 1.97. The van der Waals surface area contributed by atoms with Gasteiger partial charge in [0.25, 0.3) is 0 Å². The number of rotatable bonds is 6. The molecule has 6 nitrogen and oxygen atoms in total. The van der Waals surface area contributed by atoms with Gasteiger partial charge in [-0.1, -0.05) is 12.5 Å². The summed E-state index contributed by atoms with van der Waals surface area (Å²) in [4.78, 5) is 26.5. The van der Waals surface area contributed by atoms with Gasteiger partial charge >= 0.3 is 0 Å². The largest absolute Gasteiger partial charge is 0.497 e. The van der Waals surface area contributed by atoms with Crippen LogP contribution in [0.4, 0.5) is 5.69 Å². The first-order valence-electron chi connectivity index (χ1n) is 9.10. The molecule has 1 unspecified atom stereocenters. The van der Waals surface area contributed by atoms with E-state index in [0.717, 1.165) is 50.2 Å². The van der Waals surface area contributed by atoms with Gasteiger partial charge in [-0.3, -0.25) is 14.5 Å². The molecule has 2 N–H and O–H groups in total. The monoisotopic (exact) mass is 345 g/mol. The first-order chi connectivity index (χ1) is 12.1. The molecule has 1 aliphatic heterocycles. The van der Waals surface area contributed by atoms with Crippen LogP contribution in [0.3, 0.4) is 0 Å². The minimum Gasteiger partial charge on any atom is -0.497 e. The second-order valence-corrected chi connectivity index (χ2v) is 6.99. The first-order valence-corrected chi connectivity index (χ1v) is 9.10.